The van der Waals surface area contributed by atoms with Crippen LogP contribution in [0.4, 0.5) is 0 Å². The number of benzene rings is 1. The lowest BCUT2D eigenvalue weighted by Gasteiger charge is -2.48. The van der Waals surface area contributed by atoms with Gasteiger partial charge in [-0.15, -0.1) is 0 Å². The van der Waals surface area contributed by atoms with Crippen molar-refractivity contribution in [2.45, 2.75) is 51.0 Å². The number of rotatable bonds is 2. The normalized spacial score (nSPS) is 29.2. The van der Waals surface area contributed by atoms with Crippen molar-refractivity contribution in [3.63, 3.8) is 0 Å². The molecule has 0 bridgehead atoms. The Morgan fingerprint density at radius 1 is 1.43 bits per heavy atom. The van der Waals surface area contributed by atoms with Crippen molar-refractivity contribution in [1.82, 2.24) is 5.32 Å². The molecule has 1 N–H and O–H groups in total. The number of esters is 1. The summed E-state index contributed by atoms with van der Waals surface area (Å²) in [5, 5.41) is 3.64. The van der Waals surface area contributed by atoms with Gasteiger partial charge in [0.1, 0.15) is 0 Å². The lowest BCUT2D eigenvalue weighted by molar-refractivity contribution is -0.137. The fourth-order valence-electron chi connectivity index (χ4n) is 3.82. The maximum atomic E-state index is 11.8. The van der Waals surface area contributed by atoms with Gasteiger partial charge in [-0.2, -0.15) is 0 Å². The van der Waals surface area contributed by atoms with Crippen molar-refractivity contribution < 1.29 is 9.53 Å². The van der Waals surface area contributed by atoms with Gasteiger partial charge in [0.15, 0.2) is 0 Å². The highest BCUT2D eigenvalue weighted by Crippen LogP contribution is 2.47. The standard InChI is InChI=1S/C18H23NO2/c1-3-21-17(20)12-16-14-9-5-4-8-13(14)15-10-6-7-11-18(15,2)19-16/h4-5,8-9,12,15,19H,3,6-7,10-11H2,1-2H3/b16-12+/t15-,18+/m0/s1. The molecule has 2 aliphatic rings. The number of carbonyl (C=O) groups excluding carboxylic acids is 1. The predicted molar refractivity (Wildman–Crippen MR) is 83.8 cm³/mol. The molecule has 1 saturated carbocycles. The van der Waals surface area contributed by atoms with Crippen molar-refractivity contribution in [2.24, 2.45) is 0 Å². The minimum atomic E-state index is -0.271. The van der Waals surface area contributed by atoms with Gasteiger partial charge in [0, 0.05) is 28.8 Å². The molecule has 1 aliphatic heterocycles. The zero-order chi connectivity index (χ0) is 14.9. The topological polar surface area (TPSA) is 38.3 Å². The summed E-state index contributed by atoms with van der Waals surface area (Å²) in [6.07, 6.45) is 6.50. The zero-order valence-electron chi connectivity index (χ0n) is 12.8. The van der Waals surface area contributed by atoms with Gasteiger partial charge in [0.05, 0.1) is 6.61 Å². The Labute approximate surface area is 126 Å². The van der Waals surface area contributed by atoms with Crippen LogP contribution in [0.15, 0.2) is 30.3 Å². The van der Waals surface area contributed by atoms with Gasteiger partial charge in [-0.25, -0.2) is 4.79 Å². The Morgan fingerprint density at radius 2 is 2.24 bits per heavy atom. The number of ether oxygens (including phenoxy) is 1. The maximum Gasteiger partial charge on any atom is 0.332 e. The summed E-state index contributed by atoms with van der Waals surface area (Å²) in [6.45, 7) is 4.52. The van der Waals surface area contributed by atoms with Crippen LogP contribution in [0.5, 0.6) is 0 Å². The van der Waals surface area contributed by atoms with Gasteiger partial charge in [0.25, 0.3) is 0 Å². The van der Waals surface area contributed by atoms with Crippen LogP contribution in [0.25, 0.3) is 5.70 Å². The van der Waals surface area contributed by atoms with E-state index in [0.29, 0.717) is 12.5 Å². The van der Waals surface area contributed by atoms with E-state index >= 15 is 0 Å². The summed E-state index contributed by atoms with van der Waals surface area (Å²) in [4.78, 5) is 11.8. The lowest BCUT2D eigenvalue weighted by Crippen LogP contribution is -2.51. The molecule has 0 radical (unpaired) electrons. The molecule has 3 heteroatoms. The van der Waals surface area contributed by atoms with E-state index < -0.39 is 0 Å². The molecule has 1 aromatic rings. The van der Waals surface area contributed by atoms with E-state index in [1.807, 2.05) is 13.0 Å². The van der Waals surface area contributed by atoms with E-state index in [2.05, 4.69) is 30.4 Å². The van der Waals surface area contributed by atoms with Crippen molar-refractivity contribution in [2.75, 3.05) is 6.61 Å². The van der Waals surface area contributed by atoms with E-state index in [1.54, 1.807) is 6.08 Å². The monoisotopic (exact) mass is 285 g/mol. The molecule has 0 aromatic heterocycles. The van der Waals surface area contributed by atoms with Crippen LogP contribution in [-0.2, 0) is 9.53 Å². The van der Waals surface area contributed by atoms with Crippen LogP contribution in [0.1, 0.15) is 56.6 Å². The molecule has 3 nitrogen and oxygen atoms in total. The summed E-state index contributed by atoms with van der Waals surface area (Å²) < 4.78 is 5.07. The third kappa shape index (κ3) is 2.57. The summed E-state index contributed by atoms with van der Waals surface area (Å²) in [5.41, 5.74) is 3.47. The van der Waals surface area contributed by atoms with Crippen molar-refractivity contribution in [1.29, 1.82) is 0 Å². The van der Waals surface area contributed by atoms with Gasteiger partial charge in [0.2, 0.25) is 0 Å². The SMILES string of the molecule is CCOC(=O)/C=C1/N[C@]2(C)CCCC[C@H]2c2ccccc21. The number of hydrogen-bond acceptors (Lipinski definition) is 3. The number of carbonyl (C=O) groups is 1. The molecule has 0 saturated heterocycles. The Bertz CT molecular complexity index is 578. The predicted octanol–water partition coefficient (Wildman–Crippen LogP) is 3.61. The molecule has 1 aromatic carbocycles. The number of nitrogens with one attached hydrogen (secondary N) is 1. The van der Waals surface area contributed by atoms with Crippen LogP contribution >= 0.6 is 0 Å². The Balaban J connectivity index is 2.04. The van der Waals surface area contributed by atoms with Gasteiger partial charge in [-0.1, -0.05) is 37.1 Å². The molecule has 2 atom stereocenters. The van der Waals surface area contributed by atoms with Crippen LogP contribution < -0.4 is 5.32 Å². The molecule has 0 spiro atoms. The highest BCUT2D eigenvalue weighted by atomic mass is 16.5. The number of fused-ring (bicyclic) bond motifs is 3. The van der Waals surface area contributed by atoms with E-state index in [0.717, 1.165) is 17.7 Å². The van der Waals surface area contributed by atoms with Gasteiger partial charge < -0.3 is 10.1 Å². The molecule has 1 aliphatic carbocycles. The first-order valence-electron chi connectivity index (χ1n) is 7.90. The molecule has 112 valence electrons. The Hall–Kier alpha value is -1.77. The second-order valence-corrected chi connectivity index (χ2v) is 6.24. The molecular weight excluding hydrogens is 262 g/mol. The van der Waals surface area contributed by atoms with Gasteiger partial charge >= 0.3 is 5.97 Å². The van der Waals surface area contributed by atoms with Crippen molar-refractivity contribution in [3.8, 4) is 0 Å². The van der Waals surface area contributed by atoms with E-state index in [-0.39, 0.29) is 11.5 Å². The minimum absolute atomic E-state index is 0.0466. The van der Waals surface area contributed by atoms with E-state index in [9.17, 15) is 4.79 Å². The highest BCUT2D eigenvalue weighted by Gasteiger charge is 2.42. The zero-order valence-corrected chi connectivity index (χ0v) is 12.8. The molecule has 3 rings (SSSR count). The second kappa shape index (κ2) is 5.55. The molecule has 1 fully saturated rings. The summed E-state index contributed by atoms with van der Waals surface area (Å²) in [6, 6.07) is 8.44. The Kier molecular flexibility index (Phi) is 3.75. The molecule has 0 unspecified atom stereocenters. The summed E-state index contributed by atoms with van der Waals surface area (Å²) >= 11 is 0. The first-order chi connectivity index (χ1) is 10.1. The van der Waals surface area contributed by atoms with Crippen LogP contribution in [-0.4, -0.2) is 18.1 Å². The smallest absolute Gasteiger partial charge is 0.332 e. The maximum absolute atomic E-state index is 11.8. The summed E-state index contributed by atoms with van der Waals surface area (Å²) in [5.74, 6) is 0.259. The molecular formula is C18H23NO2. The summed E-state index contributed by atoms with van der Waals surface area (Å²) in [7, 11) is 0. The molecule has 21 heavy (non-hydrogen) atoms. The largest absolute Gasteiger partial charge is 0.463 e. The molecule has 1 heterocycles. The van der Waals surface area contributed by atoms with Gasteiger partial charge in [-0.3, -0.25) is 0 Å². The Morgan fingerprint density at radius 3 is 3.05 bits per heavy atom. The second-order valence-electron chi connectivity index (χ2n) is 6.24. The van der Waals surface area contributed by atoms with E-state index in [4.69, 9.17) is 4.74 Å². The van der Waals surface area contributed by atoms with E-state index in [1.165, 1.54) is 24.8 Å². The van der Waals surface area contributed by atoms with Crippen molar-refractivity contribution in [3.05, 3.63) is 41.5 Å². The third-order valence-electron chi connectivity index (χ3n) is 4.80. The third-order valence-corrected chi connectivity index (χ3v) is 4.80. The van der Waals surface area contributed by atoms with Gasteiger partial charge in [-0.05, 0) is 32.3 Å². The average molecular weight is 285 g/mol. The van der Waals surface area contributed by atoms with Crippen LogP contribution in [0.3, 0.4) is 0 Å². The number of hydrogen-bond donors (Lipinski definition) is 1. The fraction of sp³-hybridized carbons (Fsp3) is 0.500. The van der Waals surface area contributed by atoms with Crippen LogP contribution in [0.2, 0.25) is 0 Å². The first kappa shape index (κ1) is 14.2. The van der Waals surface area contributed by atoms with Crippen molar-refractivity contribution >= 4 is 11.7 Å². The lowest BCUT2D eigenvalue weighted by atomic mass is 9.67. The highest BCUT2D eigenvalue weighted by molar-refractivity contribution is 5.92. The minimum Gasteiger partial charge on any atom is -0.463 e. The molecule has 0 amide bonds. The van der Waals surface area contributed by atoms with Crippen LogP contribution in [0, 0.1) is 0 Å². The average Bonchev–Trinajstić information content (AvgIpc) is 2.47. The quantitative estimate of drug-likeness (QED) is 0.666. The fourth-order valence-corrected chi connectivity index (χ4v) is 3.82. The first-order valence-corrected chi connectivity index (χ1v) is 7.90.